The molecule has 2 aromatic rings. The van der Waals surface area contributed by atoms with Gasteiger partial charge in [0.2, 0.25) is 5.90 Å². The van der Waals surface area contributed by atoms with Crippen molar-refractivity contribution in [2.45, 2.75) is 13.8 Å². The molecule has 0 radical (unpaired) electrons. The zero-order valence-corrected chi connectivity index (χ0v) is 18.8. The van der Waals surface area contributed by atoms with E-state index in [1.807, 2.05) is 19.9 Å². The highest BCUT2D eigenvalue weighted by atomic mass is 127. The number of carbonyl (C=O) groups excluding carboxylic acids is 1. The van der Waals surface area contributed by atoms with Gasteiger partial charge in [-0.05, 0) is 78.4 Å². The van der Waals surface area contributed by atoms with E-state index in [0.717, 1.165) is 9.13 Å². The molecule has 0 amide bonds. The first-order chi connectivity index (χ1) is 13.4. The molecule has 146 valence electrons. The molecular formula is C20H16Cl2INO4. The van der Waals surface area contributed by atoms with Crippen LogP contribution in [-0.2, 0) is 9.53 Å². The lowest BCUT2D eigenvalue weighted by molar-refractivity contribution is -0.129. The van der Waals surface area contributed by atoms with Crippen LogP contribution >= 0.6 is 45.8 Å². The van der Waals surface area contributed by atoms with Crippen LogP contribution in [0.25, 0.3) is 6.08 Å². The second-order valence-electron chi connectivity index (χ2n) is 5.66. The van der Waals surface area contributed by atoms with Gasteiger partial charge in [-0.25, -0.2) is 9.79 Å². The van der Waals surface area contributed by atoms with E-state index < -0.39 is 5.97 Å². The summed E-state index contributed by atoms with van der Waals surface area (Å²) in [6.45, 7) is 4.83. The molecule has 0 aromatic heterocycles. The summed E-state index contributed by atoms with van der Waals surface area (Å²) in [5.41, 5.74) is 1.41. The number of hydrogen-bond donors (Lipinski definition) is 0. The number of rotatable bonds is 6. The average molecular weight is 532 g/mol. The Hall–Kier alpha value is -1.77. The molecule has 0 unspecified atom stereocenters. The summed E-state index contributed by atoms with van der Waals surface area (Å²) in [6.07, 6.45) is 1.64. The summed E-state index contributed by atoms with van der Waals surface area (Å²) in [5.74, 6) is 0.879. The molecule has 0 saturated carbocycles. The predicted octanol–water partition coefficient (Wildman–Crippen LogP) is 5.74. The SMILES string of the molecule is CCOc1cc(/C=C2\N=C(c3ccc(Cl)cc3Cl)OC2=O)cc(I)c1OCC. The topological polar surface area (TPSA) is 57.1 Å². The molecule has 0 N–H and O–H groups in total. The maximum absolute atomic E-state index is 12.3. The summed E-state index contributed by atoms with van der Waals surface area (Å²) >= 11 is 14.3. The smallest absolute Gasteiger partial charge is 0.363 e. The summed E-state index contributed by atoms with van der Waals surface area (Å²) in [4.78, 5) is 16.6. The van der Waals surface area contributed by atoms with Crippen molar-refractivity contribution in [2.75, 3.05) is 13.2 Å². The van der Waals surface area contributed by atoms with Crippen LogP contribution in [0.2, 0.25) is 10.0 Å². The Bertz CT molecular complexity index is 988. The summed E-state index contributed by atoms with van der Waals surface area (Å²) in [6, 6.07) is 8.58. The van der Waals surface area contributed by atoms with E-state index in [9.17, 15) is 4.79 Å². The van der Waals surface area contributed by atoms with E-state index in [2.05, 4.69) is 27.6 Å². The molecule has 1 aliphatic rings. The number of aliphatic imine (C=N–C) groups is 1. The van der Waals surface area contributed by atoms with Gasteiger partial charge in [-0.1, -0.05) is 23.2 Å². The highest BCUT2D eigenvalue weighted by molar-refractivity contribution is 14.1. The molecular weight excluding hydrogens is 516 g/mol. The van der Waals surface area contributed by atoms with Crippen LogP contribution in [-0.4, -0.2) is 25.1 Å². The van der Waals surface area contributed by atoms with Gasteiger partial charge in [-0.15, -0.1) is 0 Å². The van der Waals surface area contributed by atoms with E-state index in [1.54, 1.807) is 30.3 Å². The molecule has 1 aliphatic heterocycles. The molecule has 3 rings (SSSR count). The Morgan fingerprint density at radius 3 is 2.57 bits per heavy atom. The van der Waals surface area contributed by atoms with Crippen molar-refractivity contribution in [3.8, 4) is 11.5 Å². The Balaban J connectivity index is 1.98. The van der Waals surface area contributed by atoms with Crippen molar-refractivity contribution in [2.24, 2.45) is 4.99 Å². The fourth-order valence-electron chi connectivity index (χ4n) is 2.56. The fraction of sp³-hybridized carbons (Fsp3) is 0.200. The van der Waals surface area contributed by atoms with Gasteiger partial charge in [-0.2, -0.15) is 0 Å². The number of cyclic esters (lactones) is 1. The molecule has 2 aromatic carbocycles. The number of halogens is 3. The molecule has 28 heavy (non-hydrogen) atoms. The minimum absolute atomic E-state index is 0.142. The normalized spacial score (nSPS) is 14.8. The van der Waals surface area contributed by atoms with Crippen molar-refractivity contribution in [1.29, 1.82) is 0 Å². The highest BCUT2D eigenvalue weighted by Gasteiger charge is 2.26. The van der Waals surface area contributed by atoms with E-state index in [4.69, 9.17) is 37.4 Å². The van der Waals surface area contributed by atoms with Gasteiger partial charge in [0.1, 0.15) is 0 Å². The quantitative estimate of drug-likeness (QED) is 0.271. The van der Waals surface area contributed by atoms with Crippen molar-refractivity contribution in [1.82, 2.24) is 0 Å². The Morgan fingerprint density at radius 2 is 1.89 bits per heavy atom. The molecule has 0 bridgehead atoms. The standard InChI is InChI=1S/C20H16Cl2INO4/c1-3-26-17-9-11(7-15(23)18(17)27-4-2)8-16-20(25)28-19(24-16)13-6-5-12(21)10-14(13)22/h5-10H,3-4H2,1-2H3/b16-8-. The Kier molecular flexibility index (Phi) is 6.85. The number of ether oxygens (including phenoxy) is 3. The van der Waals surface area contributed by atoms with Gasteiger partial charge in [0, 0.05) is 5.02 Å². The summed E-state index contributed by atoms with van der Waals surface area (Å²) in [5, 5.41) is 0.844. The minimum atomic E-state index is -0.553. The van der Waals surface area contributed by atoms with E-state index >= 15 is 0 Å². The van der Waals surface area contributed by atoms with Gasteiger partial charge >= 0.3 is 5.97 Å². The largest absolute Gasteiger partial charge is 0.490 e. The van der Waals surface area contributed by atoms with Crippen molar-refractivity contribution in [3.63, 3.8) is 0 Å². The van der Waals surface area contributed by atoms with Crippen LogP contribution in [0.15, 0.2) is 41.0 Å². The fourth-order valence-corrected chi connectivity index (χ4v) is 3.83. The third-order valence-electron chi connectivity index (χ3n) is 3.71. The number of carbonyl (C=O) groups is 1. The third kappa shape index (κ3) is 4.61. The zero-order valence-electron chi connectivity index (χ0n) is 15.1. The summed E-state index contributed by atoms with van der Waals surface area (Å²) < 4.78 is 17.5. The lowest BCUT2D eigenvalue weighted by atomic mass is 10.1. The summed E-state index contributed by atoms with van der Waals surface area (Å²) in [7, 11) is 0. The van der Waals surface area contributed by atoms with Crippen molar-refractivity contribution >= 4 is 63.7 Å². The molecule has 5 nitrogen and oxygen atoms in total. The molecule has 0 spiro atoms. The maximum atomic E-state index is 12.3. The molecule has 0 aliphatic carbocycles. The van der Waals surface area contributed by atoms with Crippen LogP contribution in [0, 0.1) is 3.57 Å². The second kappa shape index (κ2) is 9.15. The Morgan fingerprint density at radius 1 is 1.14 bits per heavy atom. The molecule has 0 atom stereocenters. The van der Waals surface area contributed by atoms with Crippen LogP contribution < -0.4 is 9.47 Å². The lowest BCUT2D eigenvalue weighted by Crippen LogP contribution is -2.06. The van der Waals surface area contributed by atoms with Crippen molar-refractivity contribution in [3.05, 3.63) is 60.8 Å². The molecule has 1 heterocycles. The number of benzene rings is 2. The van der Waals surface area contributed by atoms with Crippen LogP contribution in [0.1, 0.15) is 25.0 Å². The minimum Gasteiger partial charge on any atom is -0.490 e. The van der Waals surface area contributed by atoms with Gasteiger partial charge < -0.3 is 14.2 Å². The van der Waals surface area contributed by atoms with Crippen LogP contribution in [0.3, 0.4) is 0 Å². The second-order valence-corrected chi connectivity index (χ2v) is 7.66. The van der Waals surface area contributed by atoms with Crippen molar-refractivity contribution < 1.29 is 19.0 Å². The molecule has 8 heteroatoms. The number of esters is 1. The molecule has 0 saturated heterocycles. The lowest BCUT2D eigenvalue weighted by Gasteiger charge is -2.13. The van der Waals surface area contributed by atoms with Gasteiger partial charge in [0.25, 0.3) is 0 Å². The van der Waals surface area contributed by atoms with E-state index in [1.165, 1.54) is 0 Å². The first-order valence-electron chi connectivity index (χ1n) is 8.50. The van der Waals surface area contributed by atoms with E-state index in [0.29, 0.717) is 40.3 Å². The zero-order chi connectivity index (χ0) is 20.3. The van der Waals surface area contributed by atoms with Crippen LogP contribution in [0.5, 0.6) is 11.5 Å². The predicted molar refractivity (Wildman–Crippen MR) is 119 cm³/mol. The third-order valence-corrected chi connectivity index (χ3v) is 5.05. The number of nitrogens with zero attached hydrogens (tertiary/aromatic N) is 1. The average Bonchev–Trinajstić information content (AvgIpc) is 2.98. The Labute approximate surface area is 186 Å². The monoisotopic (exact) mass is 531 g/mol. The van der Waals surface area contributed by atoms with Gasteiger partial charge in [0.05, 0.1) is 27.4 Å². The van der Waals surface area contributed by atoms with E-state index in [-0.39, 0.29) is 11.6 Å². The highest BCUT2D eigenvalue weighted by Crippen LogP contribution is 2.35. The van der Waals surface area contributed by atoms with Crippen LogP contribution in [0.4, 0.5) is 0 Å². The molecule has 0 fully saturated rings. The first-order valence-corrected chi connectivity index (χ1v) is 10.3. The first kappa shape index (κ1) is 21.0. The maximum Gasteiger partial charge on any atom is 0.363 e. The van der Waals surface area contributed by atoms with Gasteiger partial charge in [-0.3, -0.25) is 0 Å². The number of hydrogen-bond acceptors (Lipinski definition) is 5. The van der Waals surface area contributed by atoms with Gasteiger partial charge in [0.15, 0.2) is 17.2 Å².